The molecule has 0 N–H and O–H groups in total. The first kappa shape index (κ1) is 12.8. The van der Waals surface area contributed by atoms with Crippen molar-refractivity contribution in [3.05, 3.63) is 52.9 Å². The summed E-state index contributed by atoms with van der Waals surface area (Å²) in [7, 11) is 0. The Balaban J connectivity index is 2.57. The normalized spacial score (nSPS) is 11.6. The van der Waals surface area contributed by atoms with Gasteiger partial charge in [0.25, 0.3) is 0 Å². The largest absolute Gasteiger partial charge is 0.433 e. The van der Waals surface area contributed by atoms with E-state index < -0.39 is 17.7 Å². The Morgan fingerprint density at radius 2 is 1.78 bits per heavy atom. The van der Waals surface area contributed by atoms with Gasteiger partial charge in [0.2, 0.25) is 0 Å². The first-order valence-corrected chi connectivity index (χ1v) is 5.25. The van der Waals surface area contributed by atoms with Gasteiger partial charge in [0.05, 0.1) is 10.7 Å². The smallest absolute Gasteiger partial charge is 0.242 e. The molecule has 0 aliphatic carbocycles. The van der Waals surface area contributed by atoms with E-state index in [1.165, 1.54) is 18.2 Å². The van der Waals surface area contributed by atoms with E-state index in [0.29, 0.717) is 0 Å². The molecular formula is C12H6ClF4N. The molecule has 0 atom stereocenters. The molecular weight excluding hydrogens is 270 g/mol. The third kappa shape index (κ3) is 2.61. The van der Waals surface area contributed by atoms with Crippen molar-refractivity contribution in [3.8, 4) is 11.3 Å². The SMILES string of the molecule is Fc1cccc(-c2nc(C(F)(F)F)ccc2Cl)c1. The van der Waals surface area contributed by atoms with Crippen molar-refractivity contribution in [2.24, 2.45) is 0 Å². The lowest BCUT2D eigenvalue weighted by atomic mass is 10.1. The van der Waals surface area contributed by atoms with Crippen LogP contribution in [0.5, 0.6) is 0 Å². The minimum atomic E-state index is -4.56. The van der Waals surface area contributed by atoms with Crippen LogP contribution >= 0.6 is 11.6 Å². The maximum absolute atomic E-state index is 13.0. The second-order valence-electron chi connectivity index (χ2n) is 3.54. The lowest BCUT2D eigenvalue weighted by molar-refractivity contribution is -0.141. The lowest BCUT2D eigenvalue weighted by Gasteiger charge is -2.09. The van der Waals surface area contributed by atoms with Crippen molar-refractivity contribution in [1.82, 2.24) is 4.98 Å². The number of hydrogen-bond donors (Lipinski definition) is 0. The lowest BCUT2D eigenvalue weighted by Crippen LogP contribution is -2.08. The number of alkyl halides is 3. The molecule has 1 aromatic heterocycles. The van der Waals surface area contributed by atoms with Crippen LogP contribution in [0.3, 0.4) is 0 Å². The van der Waals surface area contributed by atoms with Crippen molar-refractivity contribution in [1.29, 1.82) is 0 Å². The quantitative estimate of drug-likeness (QED) is 0.695. The summed E-state index contributed by atoms with van der Waals surface area (Å²) in [6.45, 7) is 0. The molecule has 0 unspecified atom stereocenters. The number of benzene rings is 1. The van der Waals surface area contributed by atoms with Crippen LogP contribution in [0.4, 0.5) is 17.6 Å². The zero-order valence-corrected chi connectivity index (χ0v) is 9.56. The van der Waals surface area contributed by atoms with Gasteiger partial charge in [-0.2, -0.15) is 13.2 Å². The van der Waals surface area contributed by atoms with Gasteiger partial charge < -0.3 is 0 Å². The summed E-state index contributed by atoms with van der Waals surface area (Å²) in [6.07, 6.45) is -4.56. The molecule has 0 radical (unpaired) electrons. The van der Waals surface area contributed by atoms with Crippen LogP contribution in [0.25, 0.3) is 11.3 Å². The number of hydrogen-bond acceptors (Lipinski definition) is 1. The highest BCUT2D eigenvalue weighted by Crippen LogP contribution is 2.33. The second-order valence-corrected chi connectivity index (χ2v) is 3.94. The van der Waals surface area contributed by atoms with E-state index in [1.54, 1.807) is 0 Å². The van der Waals surface area contributed by atoms with E-state index in [1.807, 2.05) is 0 Å². The molecule has 2 aromatic rings. The summed E-state index contributed by atoms with van der Waals surface area (Å²) in [5.41, 5.74) is -0.955. The number of pyridine rings is 1. The molecule has 94 valence electrons. The third-order valence-electron chi connectivity index (χ3n) is 2.23. The molecule has 0 amide bonds. The predicted octanol–water partition coefficient (Wildman–Crippen LogP) is 4.56. The fourth-order valence-corrected chi connectivity index (χ4v) is 1.65. The Kier molecular flexibility index (Phi) is 3.26. The van der Waals surface area contributed by atoms with Gasteiger partial charge in [-0.15, -0.1) is 0 Å². The zero-order valence-electron chi connectivity index (χ0n) is 8.80. The van der Waals surface area contributed by atoms with Crippen molar-refractivity contribution in [2.45, 2.75) is 6.18 Å². The van der Waals surface area contributed by atoms with Crippen molar-refractivity contribution < 1.29 is 17.6 Å². The summed E-state index contributed by atoms with van der Waals surface area (Å²) in [4.78, 5) is 3.43. The molecule has 1 aromatic carbocycles. The molecule has 0 aliphatic heterocycles. The summed E-state index contributed by atoms with van der Waals surface area (Å²) in [5.74, 6) is -0.567. The highest BCUT2D eigenvalue weighted by molar-refractivity contribution is 6.33. The molecule has 0 saturated carbocycles. The first-order valence-electron chi connectivity index (χ1n) is 4.87. The minimum Gasteiger partial charge on any atom is -0.242 e. The van der Waals surface area contributed by atoms with Crippen molar-refractivity contribution in [2.75, 3.05) is 0 Å². The van der Waals surface area contributed by atoms with Crippen LogP contribution in [0.2, 0.25) is 5.02 Å². The fourth-order valence-electron chi connectivity index (χ4n) is 1.44. The molecule has 1 nitrogen and oxygen atoms in total. The zero-order chi connectivity index (χ0) is 13.3. The second kappa shape index (κ2) is 4.57. The van der Waals surface area contributed by atoms with Gasteiger partial charge in [0, 0.05) is 5.56 Å². The summed E-state index contributed by atoms with van der Waals surface area (Å²) < 4.78 is 50.6. The number of nitrogens with zero attached hydrogens (tertiary/aromatic N) is 1. The molecule has 18 heavy (non-hydrogen) atoms. The fraction of sp³-hybridized carbons (Fsp3) is 0.0833. The number of aromatic nitrogens is 1. The van der Waals surface area contributed by atoms with E-state index in [9.17, 15) is 17.6 Å². The predicted molar refractivity (Wildman–Crippen MR) is 59.6 cm³/mol. The van der Waals surface area contributed by atoms with E-state index in [-0.39, 0.29) is 16.3 Å². The van der Waals surface area contributed by atoms with Crippen LogP contribution in [-0.4, -0.2) is 4.98 Å². The van der Waals surface area contributed by atoms with Gasteiger partial charge in [-0.25, -0.2) is 9.37 Å². The van der Waals surface area contributed by atoms with Gasteiger partial charge in [-0.05, 0) is 24.3 Å². The monoisotopic (exact) mass is 275 g/mol. The molecule has 0 saturated heterocycles. The van der Waals surface area contributed by atoms with E-state index in [2.05, 4.69) is 4.98 Å². The maximum atomic E-state index is 13.0. The van der Waals surface area contributed by atoms with Gasteiger partial charge in [-0.3, -0.25) is 0 Å². The molecule has 2 rings (SSSR count). The van der Waals surface area contributed by atoms with Crippen molar-refractivity contribution in [3.63, 3.8) is 0 Å². The topological polar surface area (TPSA) is 12.9 Å². The molecule has 6 heteroatoms. The highest BCUT2D eigenvalue weighted by Gasteiger charge is 2.33. The Hall–Kier alpha value is -1.62. The minimum absolute atomic E-state index is 0.0357. The van der Waals surface area contributed by atoms with Crippen LogP contribution in [0.15, 0.2) is 36.4 Å². The maximum Gasteiger partial charge on any atom is 0.433 e. The van der Waals surface area contributed by atoms with Gasteiger partial charge in [0.1, 0.15) is 11.5 Å². The van der Waals surface area contributed by atoms with Crippen LogP contribution < -0.4 is 0 Å². The summed E-state index contributed by atoms with van der Waals surface area (Å²) >= 11 is 5.78. The van der Waals surface area contributed by atoms with E-state index >= 15 is 0 Å². The van der Waals surface area contributed by atoms with Gasteiger partial charge in [-0.1, -0.05) is 23.7 Å². The average Bonchev–Trinajstić information content (AvgIpc) is 2.28. The molecule has 0 bridgehead atoms. The Labute approximate surface area is 105 Å². The Morgan fingerprint density at radius 1 is 1.06 bits per heavy atom. The Morgan fingerprint density at radius 3 is 2.39 bits per heavy atom. The standard InChI is InChI=1S/C12H6ClF4N/c13-9-4-5-10(12(15,16)17)18-11(9)7-2-1-3-8(14)6-7/h1-6H. The van der Waals surface area contributed by atoms with Crippen molar-refractivity contribution >= 4 is 11.6 Å². The van der Waals surface area contributed by atoms with Crippen LogP contribution in [-0.2, 0) is 6.18 Å². The van der Waals surface area contributed by atoms with Gasteiger partial charge >= 0.3 is 6.18 Å². The first-order chi connectivity index (χ1) is 8.38. The molecule has 0 aliphatic rings. The van der Waals surface area contributed by atoms with E-state index in [0.717, 1.165) is 18.2 Å². The molecule has 0 fully saturated rings. The van der Waals surface area contributed by atoms with Crippen LogP contribution in [0, 0.1) is 5.82 Å². The summed E-state index contributed by atoms with van der Waals surface area (Å²) in [5, 5.41) is 0.0357. The summed E-state index contributed by atoms with van der Waals surface area (Å²) in [6, 6.07) is 6.96. The third-order valence-corrected chi connectivity index (χ3v) is 2.54. The van der Waals surface area contributed by atoms with E-state index in [4.69, 9.17) is 11.6 Å². The highest BCUT2D eigenvalue weighted by atomic mass is 35.5. The average molecular weight is 276 g/mol. The van der Waals surface area contributed by atoms with Crippen LogP contribution in [0.1, 0.15) is 5.69 Å². The number of rotatable bonds is 1. The Bertz CT molecular complexity index is 581. The molecule has 0 spiro atoms. The van der Waals surface area contributed by atoms with Gasteiger partial charge in [0.15, 0.2) is 0 Å². The number of halogens is 5. The molecule has 1 heterocycles.